The van der Waals surface area contributed by atoms with E-state index in [4.69, 9.17) is 0 Å². The first-order valence-corrected chi connectivity index (χ1v) is 22.3. The highest BCUT2D eigenvalue weighted by Gasteiger charge is 2.21. The van der Waals surface area contributed by atoms with Gasteiger partial charge in [-0.2, -0.15) is 0 Å². The first kappa shape index (κ1) is 36.9. The number of anilines is 3. The molecule has 0 aliphatic heterocycles. The van der Waals surface area contributed by atoms with Crippen molar-refractivity contribution in [3.63, 3.8) is 0 Å². The molecular weight excluding hydrogens is 787 g/mol. The van der Waals surface area contributed by atoms with Crippen molar-refractivity contribution >= 4 is 82.2 Å². The fourth-order valence-corrected chi connectivity index (χ4v) is 10.4. The quantitative estimate of drug-likeness (QED) is 0.156. The van der Waals surface area contributed by atoms with Crippen LogP contribution in [0, 0.1) is 0 Å². The molecule has 2 aromatic heterocycles. The van der Waals surface area contributed by atoms with Gasteiger partial charge in [0.05, 0.1) is 22.1 Å². The molecule has 0 atom stereocenters. The minimum absolute atomic E-state index is 1.07. The van der Waals surface area contributed by atoms with Crippen LogP contribution in [0.5, 0.6) is 0 Å². The summed E-state index contributed by atoms with van der Waals surface area (Å²) in [4.78, 5) is 2.43. The van der Waals surface area contributed by atoms with Gasteiger partial charge in [0.2, 0.25) is 0 Å². The van der Waals surface area contributed by atoms with Gasteiger partial charge >= 0.3 is 0 Å². The summed E-state index contributed by atoms with van der Waals surface area (Å²) in [6, 6.07) is 90.8. The van der Waals surface area contributed by atoms with Crippen LogP contribution in [0.4, 0.5) is 17.1 Å². The third-order valence-electron chi connectivity index (χ3n) is 13.3. The van der Waals surface area contributed by atoms with Crippen molar-refractivity contribution in [3.8, 4) is 33.6 Å². The zero-order valence-electron chi connectivity index (χ0n) is 35.5. The summed E-state index contributed by atoms with van der Waals surface area (Å²) >= 11 is 0. The van der Waals surface area contributed by atoms with Crippen LogP contribution in [0.15, 0.2) is 249 Å². The monoisotopic (exact) mass is 827 g/mol. The first-order chi connectivity index (χ1) is 32.3. The van der Waals surface area contributed by atoms with Gasteiger partial charge in [0.1, 0.15) is 0 Å². The van der Waals surface area contributed by atoms with Crippen LogP contribution in [0.25, 0.3) is 98.8 Å². The van der Waals surface area contributed by atoms with E-state index in [1.807, 2.05) is 0 Å². The van der Waals surface area contributed by atoms with Gasteiger partial charge in [0.25, 0.3) is 0 Å². The Morgan fingerprint density at radius 2 is 0.769 bits per heavy atom. The number of nitrogens with zero attached hydrogens (tertiary/aromatic N) is 3. The second-order valence-corrected chi connectivity index (χ2v) is 16.9. The summed E-state index contributed by atoms with van der Waals surface area (Å²) in [6.07, 6.45) is 0. The van der Waals surface area contributed by atoms with Crippen LogP contribution in [-0.2, 0) is 0 Å². The van der Waals surface area contributed by atoms with Crippen molar-refractivity contribution in [2.24, 2.45) is 0 Å². The van der Waals surface area contributed by atoms with E-state index < -0.39 is 0 Å². The zero-order valence-corrected chi connectivity index (χ0v) is 35.5. The van der Waals surface area contributed by atoms with E-state index >= 15 is 0 Å². The summed E-state index contributed by atoms with van der Waals surface area (Å²) in [7, 11) is 0. The van der Waals surface area contributed by atoms with E-state index in [0.29, 0.717) is 0 Å². The Hall–Kier alpha value is -8.66. The number of hydrogen-bond donors (Lipinski definition) is 0. The topological polar surface area (TPSA) is 13.1 Å². The molecule has 0 saturated heterocycles. The molecule has 0 unspecified atom stereocenters. The van der Waals surface area contributed by atoms with Crippen LogP contribution in [0.3, 0.4) is 0 Å². The summed E-state index contributed by atoms with van der Waals surface area (Å²) in [5.74, 6) is 0. The molecule has 13 aromatic rings. The van der Waals surface area contributed by atoms with Crippen molar-refractivity contribution in [3.05, 3.63) is 249 Å². The number of hydrogen-bond acceptors (Lipinski definition) is 1. The molecule has 0 saturated carbocycles. The van der Waals surface area contributed by atoms with E-state index in [1.54, 1.807) is 0 Å². The summed E-state index contributed by atoms with van der Waals surface area (Å²) in [5, 5.41) is 9.92. The van der Waals surface area contributed by atoms with Crippen LogP contribution >= 0.6 is 0 Å². The fourth-order valence-electron chi connectivity index (χ4n) is 10.4. The lowest BCUT2D eigenvalue weighted by molar-refractivity contribution is 1.17. The molecule has 304 valence electrons. The predicted molar refractivity (Wildman–Crippen MR) is 276 cm³/mol. The number of para-hydroxylation sites is 3. The molecule has 0 N–H and O–H groups in total. The highest BCUT2D eigenvalue weighted by molar-refractivity contribution is 6.22. The molecule has 2 heterocycles. The average molecular weight is 828 g/mol. The van der Waals surface area contributed by atoms with Gasteiger partial charge in [0, 0.05) is 50.0 Å². The van der Waals surface area contributed by atoms with Gasteiger partial charge < -0.3 is 14.0 Å². The summed E-state index contributed by atoms with van der Waals surface area (Å²) < 4.78 is 4.82. The molecule has 3 nitrogen and oxygen atoms in total. The molecule has 3 heteroatoms. The predicted octanol–water partition coefficient (Wildman–Crippen LogP) is 17.0. The third kappa shape index (κ3) is 5.97. The molecule has 65 heavy (non-hydrogen) atoms. The molecule has 0 bridgehead atoms. The number of benzene rings is 11. The van der Waals surface area contributed by atoms with E-state index in [9.17, 15) is 0 Å². The van der Waals surface area contributed by atoms with Gasteiger partial charge in [0.15, 0.2) is 0 Å². The largest absolute Gasteiger partial charge is 0.310 e. The Morgan fingerprint density at radius 3 is 1.49 bits per heavy atom. The van der Waals surface area contributed by atoms with Crippen molar-refractivity contribution in [2.45, 2.75) is 0 Å². The normalized spacial score (nSPS) is 11.7. The van der Waals surface area contributed by atoms with Crippen molar-refractivity contribution in [1.82, 2.24) is 9.13 Å². The Morgan fingerprint density at radius 1 is 0.262 bits per heavy atom. The molecular formula is C62H41N3. The van der Waals surface area contributed by atoms with Gasteiger partial charge in [-0.15, -0.1) is 0 Å². The summed E-state index contributed by atoms with van der Waals surface area (Å²) in [5.41, 5.74) is 15.1. The Labute approximate surface area is 376 Å². The smallest absolute Gasteiger partial charge is 0.0547 e. The first-order valence-electron chi connectivity index (χ1n) is 22.3. The summed E-state index contributed by atoms with van der Waals surface area (Å²) in [6.45, 7) is 0. The molecule has 0 aliphatic carbocycles. The molecule has 13 rings (SSSR count). The van der Waals surface area contributed by atoms with Gasteiger partial charge in [-0.05, 0) is 123 Å². The van der Waals surface area contributed by atoms with Crippen molar-refractivity contribution in [2.75, 3.05) is 4.90 Å². The van der Waals surface area contributed by atoms with E-state index in [2.05, 4.69) is 263 Å². The highest BCUT2D eigenvalue weighted by atomic mass is 15.1. The van der Waals surface area contributed by atoms with E-state index in [-0.39, 0.29) is 0 Å². The van der Waals surface area contributed by atoms with Gasteiger partial charge in [-0.25, -0.2) is 0 Å². The minimum Gasteiger partial charge on any atom is -0.310 e. The standard InChI is InChI=1S/C62H41N3/c1-3-16-42(17-4-1)51-28-13-19-45-20-14-29-52(61(45)51)44-32-35-47(36-33-44)63(48-23-15-24-49(40-48)65-57-30-11-9-26-54(57)55-27-10-12-31-58(55)65)50-37-39-59-56(41-50)62-53-25-8-7-18-43(53)34-38-60(62)64(59)46-21-5-2-6-22-46/h1-41H. The van der Waals surface area contributed by atoms with Crippen LogP contribution in [0.2, 0.25) is 0 Å². The number of fused-ring (bicyclic) bond motifs is 9. The van der Waals surface area contributed by atoms with E-state index in [0.717, 1.165) is 28.4 Å². The van der Waals surface area contributed by atoms with Crippen LogP contribution in [0.1, 0.15) is 0 Å². The number of aromatic nitrogens is 2. The highest BCUT2D eigenvalue weighted by Crippen LogP contribution is 2.44. The molecule has 0 aliphatic rings. The second kappa shape index (κ2) is 15.0. The number of rotatable bonds is 7. The SMILES string of the molecule is c1ccc(-c2cccc3cccc(-c4ccc(N(c5cccc(-n6c7ccccc7c7ccccc76)c5)c5ccc6c(c5)c5c7ccccc7ccc5n6-c5ccccc5)cc4)c23)cc1. The Kier molecular flexibility index (Phi) is 8.53. The van der Waals surface area contributed by atoms with Gasteiger partial charge in [-0.1, -0.05) is 170 Å². The van der Waals surface area contributed by atoms with E-state index in [1.165, 1.54) is 87.4 Å². The van der Waals surface area contributed by atoms with Gasteiger partial charge in [-0.3, -0.25) is 0 Å². The molecule has 11 aromatic carbocycles. The van der Waals surface area contributed by atoms with Crippen LogP contribution < -0.4 is 4.90 Å². The zero-order chi connectivity index (χ0) is 42.8. The Bertz CT molecular complexity index is 3880. The lowest BCUT2D eigenvalue weighted by Crippen LogP contribution is -2.10. The lowest BCUT2D eigenvalue weighted by Gasteiger charge is -2.27. The fraction of sp³-hybridized carbons (Fsp3) is 0. The maximum absolute atomic E-state index is 2.43. The third-order valence-corrected chi connectivity index (χ3v) is 13.3. The molecule has 0 radical (unpaired) electrons. The maximum Gasteiger partial charge on any atom is 0.0547 e. The van der Waals surface area contributed by atoms with Crippen LogP contribution in [-0.4, -0.2) is 9.13 Å². The second-order valence-electron chi connectivity index (χ2n) is 16.9. The van der Waals surface area contributed by atoms with Crippen molar-refractivity contribution < 1.29 is 0 Å². The molecule has 0 fully saturated rings. The maximum atomic E-state index is 2.43. The minimum atomic E-state index is 1.07. The average Bonchev–Trinajstić information content (AvgIpc) is 3.90. The molecule has 0 spiro atoms. The Balaban J connectivity index is 1.03. The molecule has 0 amide bonds. The lowest BCUT2D eigenvalue weighted by atomic mass is 9.91. The van der Waals surface area contributed by atoms with Crippen molar-refractivity contribution in [1.29, 1.82) is 0 Å².